The summed E-state index contributed by atoms with van der Waals surface area (Å²) in [5.41, 5.74) is 2.05. The Morgan fingerprint density at radius 1 is 1.07 bits per heavy atom. The Bertz CT molecular complexity index is 437. The highest BCUT2D eigenvalue weighted by atomic mass is 16.3. The van der Waals surface area contributed by atoms with E-state index in [1.54, 1.807) is 0 Å². The van der Waals surface area contributed by atoms with Gasteiger partial charge in [-0.15, -0.1) is 0 Å². The number of allylic oxidation sites excluding steroid dienone is 1. The fourth-order valence-electron chi connectivity index (χ4n) is 1.32. The Balaban J connectivity index is 2.39. The van der Waals surface area contributed by atoms with Gasteiger partial charge in [-0.2, -0.15) is 0 Å². The summed E-state index contributed by atoms with van der Waals surface area (Å²) >= 11 is 0. The van der Waals surface area contributed by atoms with E-state index in [1.165, 1.54) is 0 Å². The van der Waals surface area contributed by atoms with Crippen LogP contribution in [0.4, 0.5) is 0 Å². The second-order valence-electron chi connectivity index (χ2n) is 3.31. The topological polar surface area (TPSA) is 13.1 Å². The molecule has 1 aromatic heterocycles. The molecule has 0 aliphatic carbocycles. The molecule has 0 radical (unpaired) electrons. The number of hydrogen-bond donors (Lipinski definition) is 0. The zero-order chi connectivity index (χ0) is 9.97. The van der Waals surface area contributed by atoms with Gasteiger partial charge in [-0.1, -0.05) is 36.9 Å². The van der Waals surface area contributed by atoms with Gasteiger partial charge in [-0.3, -0.25) is 0 Å². The van der Waals surface area contributed by atoms with Crippen molar-refractivity contribution in [2.75, 3.05) is 0 Å². The van der Waals surface area contributed by atoms with Crippen LogP contribution in [0, 0.1) is 0 Å². The molecule has 2 rings (SSSR count). The summed E-state index contributed by atoms with van der Waals surface area (Å²) in [5.74, 6) is 1.74. The monoisotopic (exact) mass is 184 g/mol. The average molecular weight is 184 g/mol. The molecule has 1 heteroatoms. The normalized spacial score (nSPS) is 10.1. The Kier molecular flexibility index (Phi) is 2.23. The highest BCUT2D eigenvalue weighted by Crippen LogP contribution is 2.24. The molecule has 0 saturated carbocycles. The molecule has 0 aliphatic heterocycles. The molecule has 1 nitrogen and oxygen atoms in total. The molecule has 0 unspecified atom stereocenters. The third-order valence-corrected chi connectivity index (χ3v) is 2.08. The Labute approximate surface area is 83.7 Å². The molecule has 70 valence electrons. The van der Waals surface area contributed by atoms with Gasteiger partial charge >= 0.3 is 0 Å². The molecule has 0 bridgehead atoms. The van der Waals surface area contributed by atoms with Crippen molar-refractivity contribution in [1.82, 2.24) is 0 Å². The molecule has 1 heterocycles. The largest absolute Gasteiger partial charge is 0.456 e. The molecule has 0 amide bonds. The van der Waals surface area contributed by atoms with Crippen LogP contribution in [0.3, 0.4) is 0 Å². The van der Waals surface area contributed by atoms with Gasteiger partial charge < -0.3 is 4.42 Å². The predicted octanol–water partition coefficient (Wildman–Crippen LogP) is 3.98. The highest BCUT2D eigenvalue weighted by molar-refractivity contribution is 5.63. The minimum absolute atomic E-state index is 0.851. The van der Waals surface area contributed by atoms with Gasteiger partial charge in [-0.25, -0.2) is 0 Å². The second kappa shape index (κ2) is 3.54. The first kappa shape index (κ1) is 8.82. The molecular formula is C13H12O. The zero-order valence-corrected chi connectivity index (χ0v) is 8.16. The summed E-state index contributed by atoms with van der Waals surface area (Å²) in [4.78, 5) is 0. The lowest BCUT2D eigenvalue weighted by Crippen LogP contribution is -1.71. The maximum atomic E-state index is 5.63. The molecule has 0 spiro atoms. The maximum Gasteiger partial charge on any atom is 0.134 e. The molecule has 1 aromatic carbocycles. The van der Waals surface area contributed by atoms with E-state index in [-0.39, 0.29) is 0 Å². The number of hydrogen-bond acceptors (Lipinski definition) is 1. The van der Waals surface area contributed by atoms with E-state index in [0.29, 0.717) is 0 Å². The fraction of sp³-hybridized carbons (Fsp3) is 0.0769. The minimum atomic E-state index is 0.851. The molecule has 0 atom stereocenters. The fourth-order valence-corrected chi connectivity index (χ4v) is 1.32. The van der Waals surface area contributed by atoms with Crippen molar-refractivity contribution in [1.29, 1.82) is 0 Å². The minimum Gasteiger partial charge on any atom is -0.456 e. The van der Waals surface area contributed by atoms with Crippen molar-refractivity contribution >= 4 is 5.57 Å². The lowest BCUT2D eigenvalue weighted by Gasteiger charge is -1.95. The SMILES string of the molecule is C=C(C)c1ccc(-c2ccccc2)o1. The summed E-state index contributed by atoms with van der Waals surface area (Å²) in [6.45, 7) is 5.78. The molecule has 0 saturated heterocycles. The number of furan rings is 1. The quantitative estimate of drug-likeness (QED) is 0.688. The second-order valence-corrected chi connectivity index (χ2v) is 3.31. The van der Waals surface area contributed by atoms with Crippen molar-refractivity contribution in [3.8, 4) is 11.3 Å². The summed E-state index contributed by atoms with van der Waals surface area (Å²) in [7, 11) is 0. The number of benzene rings is 1. The third kappa shape index (κ3) is 1.62. The van der Waals surface area contributed by atoms with Crippen LogP contribution in [0.25, 0.3) is 16.9 Å². The van der Waals surface area contributed by atoms with Gasteiger partial charge in [0.05, 0.1) is 0 Å². The molecule has 0 N–H and O–H groups in total. The van der Waals surface area contributed by atoms with Crippen LogP contribution in [0.5, 0.6) is 0 Å². The van der Waals surface area contributed by atoms with Crippen molar-refractivity contribution in [3.63, 3.8) is 0 Å². The highest BCUT2D eigenvalue weighted by Gasteiger charge is 2.03. The average Bonchev–Trinajstić information content (AvgIpc) is 2.68. The first-order chi connectivity index (χ1) is 6.77. The number of rotatable bonds is 2. The molecule has 0 aliphatic rings. The van der Waals surface area contributed by atoms with E-state index < -0.39 is 0 Å². The van der Waals surface area contributed by atoms with Crippen LogP contribution in [0.2, 0.25) is 0 Å². The van der Waals surface area contributed by atoms with Crippen molar-refractivity contribution in [2.24, 2.45) is 0 Å². The Morgan fingerprint density at radius 3 is 2.36 bits per heavy atom. The van der Waals surface area contributed by atoms with Gasteiger partial charge in [-0.05, 0) is 24.6 Å². The van der Waals surface area contributed by atoms with Gasteiger partial charge in [0.1, 0.15) is 11.5 Å². The zero-order valence-electron chi connectivity index (χ0n) is 8.16. The van der Waals surface area contributed by atoms with E-state index in [9.17, 15) is 0 Å². The van der Waals surface area contributed by atoms with Crippen molar-refractivity contribution in [3.05, 3.63) is 54.8 Å². The van der Waals surface area contributed by atoms with Crippen LogP contribution in [-0.2, 0) is 0 Å². The molecular weight excluding hydrogens is 172 g/mol. The molecule has 0 fully saturated rings. The van der Waals surface area contributed by atoms with Gasteiger partial charge in [0.15, 0.2) is 0 Å². The molecule has 14 heavy (non-hydrogen) atoms. The van der Waals surface area contributed by atoms with Crippen LogP contribution < -0.4 is 0 Å². The first-order valence-electron chi connectivity index (χ1n) is 4.58. The smallest absolute Gasteiger partial charge is 0.134 e. The first-order valence-corrected chi connectivity index (χ1v) is 4.58. The van der Waals surface area contributed by atoms with E-state index in [0.717, 1.165) is 22.7 Å². The van der Waals surface area contributed by atoms with Gasteiger partial charge in [0.25, 0.3) is 0 Å². The summed E-state index contributed by atoms with van der Waals surface area (Å²) in [6, 6.07) is 14.0. The summed E-state index contributed by atoms with van der Waals surface area (Å²) in [6.07, 6.45) is 0. The van der Waals surface area contributed by atoms with Crippen molar-refractivity contribution in [2.45, 2.75) is 6.92 Å². The van der Waals surface area contributed by atoms with Crippen LogP contribution in [0.1, 0.15) is 12.7 Å². The van der Waals surface area contributed by atoms with Crippen LogP contribution in [0.15, 0.2) is 53.5 Å². The maximum absolute atomic E-state index is 5.63. The lowest BCUT2D eigenvalue weighted by atomic mass is 10.2. The van der Waals surface area contributed by atoms with Gasteiger partial charge in [0.2, 0.25) is 0 Å². The van der Waals surface area contributed by atoms with E-state index >= 15 is 0 Å². The summed E-state index contributed by atoms with van der Waals surface area (Å²) < 4.78 is 5.63. The lowest BCUT2D eigenvalue weighted by molar-refractivity contribution is 0.567. The Hall–Kier alpha value is -1.76. The van der Waals surface area contributed by atoms with Crippen LogP contribution >= 0.6 is 0 Å². The Morgan fingerprint density at radius 2 is 1.79 bits per heavy atom. The van der Waals surface area contributed by atoms with Crippen LogP contribution in [-0.4, -0.2) is 0 Å². The third-order valence-electron chi connectivity index (χ3n) is 2.08. The van der Waals surface area contributed by atoms with E-state index in [2.05, 4.69) is 6.58 Å². The van der Waals surface area contributed by atoms with Crippen molar-refractivity contribution < 1.29 is 4.42 Å². The molecule has 2 aromatic rings. The van der Waals surface area contributed by atoms with E-state index in [4.69, 9.17) is 4.42 Å². The van der Waals surface area contributed by atoms with E-state index in [1.807, 2.05) is 49.4 Å². The predicted molar refractivity (Wildman–Crippen MR) is 58.9 cm³/mol. The van der Waals surface area contributed by atoms with Gasteiger partial charge in [0, 0.05) is 5.56 Å². The summed E-state index contributed by atoms with van der Waals surface area (Å²) in [5, 5.41) is 0. The standard InChI is InChI=1S/C13H12O/c1-10(2)12-8-9-13(14-12)11-6-4-3-5-7-11/h3-9H,1H2,2H3.